The van der Waals surface area contributed by atoms with Crippen molar-refractivity contribution in [2.24, 2.45) is 0 Å². The smallest absolute Gasteiger partial charge is 0.276 e. The van der Waals surface area contributed by atoms with Crippen molar-refractivity contribution in [2.45, 2.75) is 20.1 Å². The Hall–Kier alpha value is -3.15. The number of anilines is 1. The number of rotatable bonds is 4. The molecular formula is C19H18N4O2. The zero-order valence-corrected chi connectivity index (χ0v) is 13.9. The Kier molecular flexibility index (Phi) is 3.93. The number of carbonyl (C=O) groups excluding carboxylic acids is 1. The lowest BCUT2D eigenvalue weighted by Crippen LogP contribution is -2.40. The molecule has 1 aliphatic rings. The Bertz CT molecular complexity index is 905. The van der Waals surface area contributed by atoms with Gasteiger partial charge in [-0.1, -0.05) is 24.3 Å². The van der Waals surface area contributed by atoms with Crippen molar-refractivity contribution in [3.05, 3.63) is 71.7 Å². The zero-order chi connectivity index (χ0) is 17.2. The number of hydrogen-bond acceptors (Lipinski definition) is 4. The average Bonchev–Trinajstić information content (AvgIpc) is 3.06. The van der Waals surface area contributed by atoms with E-state index < -0.39 is 0 Å². The second-order valence-corrected chi connectivity index (χ2v) is 5.94. The number of pyridine rings is 1. The molecular weight excluding hydrogens is 316 g/mol. The standard InChI is InChI=1S/C19H18N4O2/c1-14-6-2-3-7-16(14)22-10-11-23-17(19(22)24)12-15(21-23)13-25-18-8-4-5-9-20-18/h2-9,12H,10-11,13H2,1H3. The molecule has 0 atom stereocenters. The van der Waals surface area contributed by atoms with E-state index in [4.69, 9.17) is 4.74 Å². The molecule has 1 aliphatic heterocycles. The van der Waals surface area contributed by atoms with Crippen molar-refractivity contribution in [1.29, 1.82) is 0 Å². The number of nitrogens with zero attached hydrogens (tertiary/aromatic N) is 4. The molecule has 1 aromatic carbocycles. The van der Waals surface area contributed by atoms with Gasteiger partial charge in [0.1, 0.15) is 18.0 Å². The monoisotopic (exact) mass is 334 g/mol. The summed E-state index contributed by atoms with van der Waals surface area (Å²) in [7, 11) is 0. The number of aryl methyl sites for hydroxylation is 1. The van der Waals surface area contributed by atoms with Gasteiger partial charge in [-0.25, -0.2) is 4.98 Å². The number of fused-ring (bicyclic) bond motifs is 1. The third kappa shape index (κ3) is 2.98. The Labute approximate surface area is 145 Å². The maximum atomic E-state index is 12.9. The summed E-state index contributed by atoms with van der Waals surface area (Å²) in [6.07, 6.45) is 1.68. The van der Waals surface area contributed by atoms with Crippen LogP contribution in [0.2, 0.25) is 0 Å². The minimum Gasteiger partial charge on any atom is -0.471 e. The highest BCUT2D eigenvalue weighted by Crippen LogP contribution is 2.24. The van der Waals surface area contributed by atoms with Crippen molar-refractivity contribution in [3.8, 4) is 5.88 Å². The number of para-hydroxylation sites is 1. The molecule has 25 heavy (non-hydrogen) atoms. The number of aromatic nitrogens is 3. The van der Waals surface area contributed by atoms with Crippen LogP contribution in [-0.4, -0.2) is 27.2 Å². The van der Waals surface area contributed by atoms with E-state index in [-0.39, 0.29) is 12.5 Å². The maximum Gasteiger partial charge on any atom is 0.276 e. The Balaban J connectivity index is 1.54. The van der Waals surface area contributed by atoms with E-state index in [2.05, 4.69) is 10.1 Å². The second kappa shape index (κ2) is 6.39. The molecule has 0 bridgehead atoms. The molecule has 0 saturated carbocycles. The first-order valence-corrected chi connectivity index (χ1v) is 8.20. The van der Waals surface area contributed by atoms with Crippen molar-refractivity contribution >= 4 is 11.6 Å². The van der Waals surface area contributed by atoms with Crippen LogP contribution in [0, 0.1) is 6.92 Å². The van der Waals surface area contributed by atoms with Gasteiger partial charge >= 0.3 is 0 Å². The third-order valence-electron chi connectivity index (χ3n) is 4.24. The van der Waals surface area contributed by atoms with Crippen molar-refractivity contribution in [1.82, 2.24) is 14.8 Å². The van der Waals surface area contributed by atoms with Crippen molar-refractivity contribution < 1.29 is 9.53 Å². The third-order valence-corrected chi connectivity index (χ3v) is 4.24. The Morgan fingerprint density at radius 2 is 1.96 bits per heavy atom. The minimum atomic E-state index is -0.0304. The number of benzene rings is 1. The largest absolute Gasteiger partial charge is 0.471 e. The van der Waals surface area contributed by atoms with Gasteiger partial charge in [-0.05, 0) is 30.7 Å². The summed E-state index contributed by atoms with van der Waals surface area (Å²) in [5.74, 6) is 0.512. The quantitative estimate of drug-likeness (QED) is 0.736. The molecule has 6 heteroatoms. The summed E-state index contributed by atoms with van der Waals surface area (Å²) in [4.78, 5) is 18.8. The highest BCUT2D eigenvalue weighted by Gasteiger charge is 2.28. The van der Waals surface area contributed by atoms with Crippen LogP contribution in [0.3, 0.4) is 0 Å². The van der Waals surface area contributed by atoms with E-state index in [1.165, 1.54) is 0 Å². The first kappa shape index (κ1) is 15.4. The Morgan fingerprint density at radius 3 is 2.76 bits per heavy atom. The van der Waals surface area contributed by atoms with Gasteiger partial charge in [0, 0.05) is 24.5 Å². The van der Waals surface area contributed by atoms with Crippen LogP contribution in [0.5, 0.6) is 5.88 Å². The molecule has 4 rings (SSSR count). The van der Waals surface area contributed by atoms with Gasteiger partial charge in [0.15, 0.2) is 0 Å². The predicted molar refractivity (Wildman–Crippen MR) is 93.7 cm³/mol. The summed E-state index contributed by atoms with van der Waals surface area (Å²) >= 11 is 0. The number of carbonyl (C=O) groups is 1. The molecule has 2 aromatic heterocycles. The van der Waals surface area contributed by atoms with E-state index in [1.807, 2.05) is 48.2 Å². The lowest BCUT2D eigenvalue weighted by Gasteiger charge is -2.28. The zero-order valence-electron chi connectivity index (χ0n) is 13.9. The van der Waals surface area contributed by atoms with Crippen LogP contribution >= 0.6 is 0 Å². The van der Waals surface area contributed by atoms with Gasteiger partial charge in [-0.3, -0.25) is 9.48 Å². The summed E-state index contributed by atoms with van der Waals surface area (Å²) in [5, 5.41) is 4.48. The van der Waals surface area contributed by atoms with Gasteiger partial charge < -0.3 is 9.64 Å². The fourth-order valence-corrected chi connectivity index (χ4v) is 2.99. The maximum absolute atomic E-state index is 12.9. The normalized spacial score (nSPS) is 13.6. The average molecular weight is 334 g/mol. The molecule has 3 heterocycles. The van der Waals surface area contributed by atoms with E-state index in [0.717, 1.165) is 16.9 Å². The van der Waals surface area contributed by atoms with Crippen LogP contribution in [-0.2, 0) is 13.2 Å². The van der Waals surface area contributed by atoms with Crippen LogP contribution in [0.4, 0.5) is 5.69 Å². The van der Waals surface area contributed by atoms with Crippen LogP contribution in [0.15, 0.2) is 54.7 Å². The number of ether oxygens (including phenoxy) is 1. The summed E-state index contributed by atoms with van der Waals surface area (Å²) in [6, 6.07) is 15.2. The van der Waals surface area contributed by atoms with Crippen LogP contribution in [0.1, 0.15) is 21.7 Å². The molecule has 0 aliphatic carbocycles. The molecule has 0 radical (unpaired) electrons. The van der Waals surface area contributed by atoms with Crippen molar-refractivity contribution in [2.75, 3.05) is 11.4 Å². The molecule has 126 valence electrons. The molecule has 0 spiro atoms. The lowest BCUT2D eigenvalue weighted by molar-refractivity contribution is 0.0962. The SMILES string of the molecule is Cc1ccccc1N1CCn2nc(COc3ccccn3)cc2C1=O. The van der Waals surface area contributed by atoms with Gasteiger partial charge in [0.05, 0.1) is 6.54 Å². The number of hydrogen-bond donors (Lipinski definition) is 0. The fourth-order valence-electron chi connectivity index (χ4n) is 2.99. The second-order valence-electron chi connectivity index (χ2n) is 5.94. The van der Waals surface area contributed by atoms with Crippen LogP contribution in [0.25, 0.3) is 0 Å². The fraction of sp³-hybridized carbons (Fsp3) is 0.211. The van der Waals surface area contributed by atoms with Gasteiger partial charge in [-0.15, -0.1) is 0 Å². The van der Waals surface area contributed by atoms with Gasteiger partial charge in [0.25, 0.3) is 5.91 Å². The van der Waals surface area contributed by atoms with E-state index in [9.17, 15) is 4.79 Å². The summed E-state index contributed by atoms with van der Waals surface area (Å²) in [6.45, 7) is 3.58. The molecule has 0 N–H and O–H groups in total. The lowest BCUT2D eigenvalue weighted by atomic mass is 10.1. The minimum absolute atomic E-state index is 0.0304. The topological polar surface area (TPSA) is 60.3 Å². The van der Waals surface area contributed by atoms with E-state index in [1.54, 1.807) is 23.0 Å². The van der Waals surface area contributed by atoms with Crippen LogP contribution < -0.4 is 9.64 Å². The summed E-state index contributed by atoms with van der Waals surface area (Å²) < 4.78 is 7.38. The van der Waals surface area contributed by atoms with Gasteiger partial charge in [0.2, 0.25) is 5.88 Å². The molecule has 6 nitrogen and oxygen atoms in total. The van der Waals surface area contributed by atoms with Gasteiger partial charge in [-0.2, -0.15) is 5.10 Å². The molecule has 0 saturated heterocycles. The molecule has 0 unspecified atom stereocenters. The Morgan fingerprint density at radius 1 is 1.12 bits per heavy atom. The van der Waals surface area contributed by atoms with E-state index >= 15 is 0 Å². The first-order chi connectivity index (χ1) is 12.2. The summed E-state index contributed by atoms with van der Waals surface area (Å²) in [5.41, 5.74) is 3.35. The number of amides is 1. The highest BCUT2D eigenvalue weighted by molar-refractivity contribution is 6.06. The first-order valence-electron chi connectivity index (χ1n) is 8.20. The van der Waals surface area contributed by atoms with Crippen molar-refractivity contribution in [3.63, 3.8) is 0 Å². The molecule has 1 amide bonds. The predicted octanol–water partition coefficient (Wildman–Crippen LogP) is 2.83. The molecule has 3 aromatic rings. The highest BCUT2D eigenvalue weighted by atomic mass is 16.5. The van der Waals surface area contributed by atoms with E-state index in [0.29, 0.717) is 24.7 Å². The molecule has 0 fully saturated rings.